The van der Waals surface area contributed by atoms with E-state index in [1.54, 1.807) is 22.3 Å². The Morgan fingerprint density at radius 3 is 1.23 bits per heavy atom. The van der Waals surface area contributed by atoms with Gasteiger partial charge >= 0.3 is 202 Å². The van der Waals surface area contributed by atoms with Gasteiger partial charge in [0.05, 0.1) is 0 Å². The summed E-state index contributed by atoms with van der Waals surface area (Å²) < 4.78 is 4.25. The third-order valence-corrected chi connectivity index (χ3v) is 26.7. The minimum atomic E-state index is -2.88. The Balaban J connectivity index is 0.00000127. The fourth-order valence-electron chi connectivity index (χ4n) is 6.54. The SMILES string of the molecule is C1=C(c2ccccc2)[CH]([Hf+2]2([CH]3C(c4ccccc4)=Cc4ccccc43)[CH2][CH2]2)c2ccccc21.[Cl-].[Cl-]. The topological polar surface area (TPSA) is 0 Å². The van der Waals surface area contributed by atoms with E-state index in [0.29, 0.717) is 7.35 Å². The Bertz CT molecular complexity index is 1310. The number of hydrogen-bond donors (Lipinski definition) is 0. The summed E-state index contributed by atoms with van der Waals surface area (Å²) in [6.07, 6.45) is 5.03. The summed E-state index contributed by atoms with van der Waals surface area (Å²) in [6.45, 7) is 0. The molecule has 3 aliphatic rings. The van der Waals surface area contributed by atoms with Gasteiger partial charge in [-0.15, -0.1) is 0 Å². The van der Waals surface area contributed by atoms with Crippen LogP contribution in [0.25, 0.3) is 23.3 Å². The maximum absolute atomic E-state index is 2.88. The van der Waals surface area contributed by atoms with Gasteiger partial charge in [0, 0.05) is 0 Å². The van der Waals surface area contributed by atoms with Crippen LogP contribution in [0.3, 0.4) is 0 Å². The Hall–Kier alpha value is -2.19. The number of halogens is 2. The molecule has 4 aromatic carbocycles. The molecule has 0 amide bonds. The van der Waals surface area contributed by atoms with Crippen molar-refractivity contribution >= 4 is 23.3 Å². The van der Waals surface area contributed by atoms with Crippen molar-refractivity contribution in [2.75, 3.05) is 0 Å². The van der Waals surface area contributed by atoms with Crippen LogP contribution in [0.2, 0.25) is 8.35 Å². The molecule has 0 radical (unpaired) electrons. The average molecular weight is 660 g/mol. The summed E-state index contributed by atoms with van der Waals surface area (Å²) in [5, 5.41) is 0. The van der Waals surface area contributed by atoms with Crippen molar-refractivity contribution in [3.05, 3.63) is 143 Å². The Morgan fingerprint density at radius 1 is 0.457 bits per heavy atom. The summed E-state index contributed by atoms with van der Waals surface area (Å²) >= 11 is -2.88. The molecule has 1 heterocycles. The predicted octanol–water partition coefficient (Wildman–Crippen LogP) is 2.59. The van der Waals surface area contributed by atoms with Gasteiger partial charge < -0.3 is 24.8 Å². The number of hydrogen-bond acceptors (Lipinski definition) is 0. The Morgan fingerprint density at radius 2 is 0.829 bits per heavy atom. The van der Waals surface area contributed by atoms with E-state index in [-0.39, 0.29) is 24.8 Å². The second-order valence-electron chi connectivity index (χ2n) is 9.79. The third kappa shape index (κ3) is 3.93. The van der Waals surface area contributed by atoms with Gasteiger partial charge in [0.25, 0.3) is 0 Å². The molecule has 172 valence electrons. The third-order valence-electron chi connectivity index (χ3n) is 8.05. The predicted molar refractivity (Wildman–Crippen MR) is 137 cm³/mol. The van der Waals surface area contributed by atoms with E-state index in [4.69, 9.17) is 0 Å². The van der Waals surface area contributed by atoms with Crippen LogP contribution in [0.5, 0.6) is 0 Å². The second kappa shape index (κ2) is 9.69. The molecule has 4 aromatic rings. The molecule has 3 heteroatoms. The fourth-order valence-corrected chi connectivity index (χ4v) is 34.0. The molecule has 1 aliphatic heterocycles. The normalized spacial score (nSPS) is 19.5. The van der Waals surface area contributed by atoms with E-state index in [1.165, 1.54) is 30.6 Å². The van der Waals surface area contributed by atoms with Gasteiger partial charge in [-0.25, -0.2) is 0 Å². The first-order chi connectivity index (χ1) is 16.4. The summed E-state index contributed by atoms with van der Waals surface area (Å²) in [4.78, 5) is 0. The molecular weight excluding hydrogens is 634 g/mol. The zero-order chi connectivity index (χ0) is 21.8. The number of fused-ring (bicyclic) bond motifs is 2. The minimum absolute atomic E-state index is 0. The summed E-state index contributed by atoms with van der Waals surface area (Å²) in [6, 6.07) is 40.8. The first-order valence-electron chi connectivity index (χ1n) is 12.1. The molecule has 1 fully saturated rings. The van der Waals surface area contributed by atoms with Gasteiger partial charge in [-0.3, -0.25) is 0 Å². The fraction of sp³-hybridized carbons (Fsp3) is 0.125. The van der Waals surface area contributed by atoms with Gasteiger partial charge in [0.2, 0.25) is 0 Å². The molecule has 0 N–H and O–H groups in total. The van der Waals surface area contributed by atoms with E-state index >= 15 is 0 Å². The van der Waals surface area contributed by atoms with Crippen molar-refractivity contribution in [2.45, 2.75) is 15.7 Å². The van der Waals surface area contributed by atoms with Crippen LogP contribution in [-0.4, -0.2) is 0 Å². The molecule has 0 nitrogen and oxygen atoms in total. The molecule has 2 unspecified atom stereocenters. The van der Waals surface area contributed by atoms with Gasteiger partial charge in [0.15, 0.2) is 0 Å². The number of benzene rings is 4. The number of rotatable bonds is 4. The van der Waals surface area contributed by atoms with Gasteiger partial charge in [-0.2, -0.15) is 0 Å². The van der Waals surface area contributed by atoms with E-state index < -0.39 is 20.0 Å². The van der Waals surface area contributed by atoms with Crippen LogP contribution in [0.1, 0.15) is 40.7 Å². The molecule has 0 spiro atoms. The molecule has 0 aromatic heterocycles. The van der Waals surface area contributed by atoms with E-state index in [2.05, 4.69) is 121 Å². The Labute approximate surface area is 224 Å². The maximum Gasteiger partial charge on any atom is -1.00 e. The van der Waals surface area contributed by atoms with Crippen molar-refractivity contribution in [3.8, 4) is 0 Å². The summed E-state index contributed by atoms with van der Waals surface area (Å²) in [5.74, 6) is 0. The maximum atomic E-state index is 2.52. The first kappa shape index (κ1) is 24.5. The molecular formula is C32H26Cl2Hf. The van der Waals surface area contributed by atoms with Crippen LogP contribution in [0.15, 0.2) is 109 Å². The second-order valence-corrected chi connectivity index (χ2v) is 26.4. The van der Waals surface area contributed by atoms with Crippen molar-refractivity contribution < 1.29 is 44.8 Å². The quantitative estimate of drug-likeness (QED) is 0.296. The van der Waals surface area contributed by atoms with Crippen molar-refractivity contribution in [1.82, 2.24) is 0 Å². The van der Waals surface area contributed by atoms with E-state index in [0.717, 1.165) is 0 Å². The largest absolute Gasteiger partial charge is 1.00 e. The molecule has 2 aliphatic carbocycles. The molecule has 7 rings (SSSR count). The first-order valence-corrected chi connectivity index (χ1v) is 21.3. The molecule has 2 atom stereocenters. The van der Waals surface area contributed by atoms with E-state index in [9.17, 15) is 0 Å². The van der Waals surface area contributed by atoms with Crippen molar-refractivity contribution in [3.63, 3.8) is 0 Å². The van der Waals surface area contributed by atoms with E-state index in [1.807, 2.05) is 0 Å². The van der Waals surface area contributed by atoms with Gasteiger partial charge in [-0.05, 0) is 0 Å². The van der Waals surface area contributed by atoms with Crippen molar-refractivity contribution in [1.29, 1.82) is 0 Å². The van der Waals surface area contributed by atoms with Gasteiger partial charge in [-0.1, -0.05) is 0 Å². The number of allylic oxidation sites excluding steroid dienone is 2. The zero-order valence-electron chi connectivity index (χ0n) is 19.4. The molecule has 1 saturated heterocycles. The van der Waals surface area contributed by atoms with Crippen LogP contribution in [0, 0.1) is 0 Å². The molecule has 0 bridgehead atoms. The van der Waals surface area contributed by atoms with Gasteiger partial charge in [0.1, 0.15) is 0 Å². The average Bonchev–Trinajstić information content (AvgIpc) is 3.41. The monoisotopic (exact) mass is 660 g/mol. The van der Waals surface area contributed by atoms with Crippen LogP contribution >= 0.6 is 0 Å². The summed E-state index contributed by atoms with van der Waals surface area (Å²) in [5.41, 5.74) is 12.1. The minimum Gasteiger partial charge on any atom is -1.00 e. The Kier molecular flexibility index (Phi) is 6.79. The summed E-state index contributed by atoms with van der Waals surface area (Å²) in [7, 11) is 0. The standard InChI is InChI=1S/2C15H11.C2H4.2ClH.Hf/c2*1-2-6-12(7-3-1)15-10-13-8-4-5-9-14(13)11-15;1-2;;;/h2*1-11H;1-2H2;2*1H;/q;;;;;+2/p-2. The van der Waals surface area contributed by atoms with Crippen LogP contribution < -0.4 is 24.8 Å². The zero-order valence-corrected chi connectivity index (χ0v) is 24.5. The molecule has 0 saturated carbocycles. The van der Waals surface area contributed by atoms with Crippen LogP contribution in [-0.2, 0) is 20.0 Å². The van der Waals surface area contributed by atoms with Crippen LogP contribution in [0.4, 0.5) is 0 Å². The molecule has 35 heavy (non-hydrogen) atoms. The smallest absolute Gasteiger partial charge is 1.00 e. The van der Waals surface area contributed by atoms with Crippen molar-refractivity contribution in [2.24, 2.45) is 0 Å².